The summed E-state index contributed by atoms with van der Waals surface area (Å²) in [5.41, 5.74) is 7.22. The fourth-order valence-corrected chi connectivity index (χ4v) is 2.86. The molecule has 0 spiro atoms. The third-order valence-electron chi connectivity index (χ3n) is 3.77. The van der Waals surface area contributed by atoms with Crippen LogP contribution in [0.3, 0.4) is 0 Å². The Bertz CT molecular complexity index is 217. The third kappa shape index (κ3) is 6.23. The van der Waals surface area contributed by atoms with E-state index in [-0.39, 0.29) is 0 Å². The standard InChI is InChI=1S/C15H30N2/c1-3-6-15(9-10-16)8-5-12-17-11-4-7-14(2)13-17/h7,15H,3-6,8-13,16H2,1-2H3. The second-order valence-corrected chi connectivity index (χ2v) is 5.49. The smallest absolute Gasteiger partial charge is 0.0190 e. The van der Waals surface area contributed by atoms with Gasteiger partial charge in [0.15, 0.2) is 0 Å². The highest BCUT2D eigenvalue weighted by Gasteiger charge is 2.11. The van der Waals surface area contributed by atoms with Crippen LogP contribution in [-0.4, -0.2) is 31.1 Å². The van der Waals surface area contributed by atoms with E-state index in [4.69, 9.17) is 5.73 Å². The van der Waals surface area contributed by atoms with Gasteiger partial charge in [-0.25, -0.2) is 0 Å². The number of hydrogen-bond donors (Lipinski definition) is 1. The molecular weight excluding hydrogens is 208 g/mol. The molecular formula is C15H30N2. The molecule has 0 saturated heterocycles. The van der Waals surface area contributed by atoms with Gasteiger partial charge in [-0.2, -0.15) is 0 Å². The summed E-state index contributed by atoms with van der Waals surface area (Å²) >= 11 is 0. The first kappa shape index (κ1) is 14.7. The van der Waals surface area contributed by atoms with Crippen LogP contribution < -0.4 is 5.73 Å². The van der Waals surface area contributed by atoms with Gasteiger partial charge in [0.2, 0.25) is 0 Å². The summed E-state index contributed by atoms with van der Waals surface area (Å²) in [4.78, 5) is 2.60. The Kier molecular flexibility index (Phi) is 7.54. The van der Waals surface area contributed by atoms with Crippen LogP contribution in [0.1, 0.15) is 52.4 Å². The number of rotatable bonds is 8. The van der Waals surface area contributed by atoms with Gasteiger partial charge in [-0.1, -0.05) is 31.4 Å². The van der Waals surface area contributed by atoms with Crippen LogP contribution in [0, 0.1) is 5.92 Å². The summed E-state index contributed by atoms with van der Waals surface area (Å²) in [6, 6.07) is 0. The molecule has 1 heterocycles. The molecule has 0 amide bonds. The van der Waals surface area contributed by atoms with Gasteiger partial charge in [0.1, 0.15) is 0 Å². The minimum absolute atomic E-state index is 0.857. The van der Waals surface area contributed by atoms with Crippen molar-refractivity contribution in [2.75, 3.05) is 26.2 Å². The maximum atomic E-state index is 5.67. The van der Waals surface area contributed by atoms with Crippen molar-refractivity contribution in [1.82, 2.24) is 4.90 Å². The van der Waals surface area contributed by atoms with E-state index in [1.165, 1.54) is 58.2 Å². The molecule has 2 N–H and O–H groups in total. The molecule has 0 aromatic rings. The molecule has 0 aliphatic carbocycles. The average molecular weight is 238 g/mol. The van der Waals surface area contributed by atoms with Crippen molar-refractivity contribution in [3.05, 3.63) is 11.6 Å². The number of nitrogens with two attached hydrogens (primary N) is 1. The Morgan fingerprint density at radius 2 is 2.18 bits per heavy atom. The van der Waals surface area contributed by atoms with Crippen LogP contribution in [0.5, 0.6) is 0 Å². The van der Waals surface area contributed by atoms with Gasteiger partial charge < -0.3 is 5.73 Å². The predicted octanol–water partition coefficient (Wildman–Crippen LogP) is 3.18. The Labute approximate surface area is 107 Å². The summed E-state index contributed by atoms with van der Waals surface area (Å²) in [6.07, 6.45) is 10.2. The zero-order valence-electron chi connectivity index (χ0n) is 11.8. The van der Waals surface area contributed by atoms with Gasteiger partial charge in [-0.3, -0.25) is 4.90 Å². The molecule has 2 nitrogen and oxygen atoms in total. The van der Waals surface area contributed by atoms with Gasteiger partial charge in [-0.15, -0.1) is 0 Å². The zero-order chi connectivity index (χ0) is 12.5. The molecule has 0 saturated carbocycles. The summed E-state index contributed by atoms with van der Waals surface area (Å²) in [7, 11) is 0. The lowest BCUT2D eigenvalue weighted by Gasteiger charge is -2.26. The van der Waals surface area contributed by atoms with Crippen LogP contribution in [-0.2, 0) is 0 Å². The summed E-state index contributed by atoms with van der Waals surface area (Å²) < 4.78 is 0. The second kappa shape index (κ2) is 8.71. The fourth-order valence-electron chi connectivity index (χ4n) is 2.86. The van der Waals surface area contributed by atoms with E-state index in [1.807, 2.05) is 0 Å². The molecule has 1 aliphatic rings. The molecule has 17 heavy (non-hydrogen) atoms. The lowest BCUT2D eigenvalue weighted by Crippen LogP contribution is -2.30. The Morgan fingerprint density at radius 3 is 2.82 bits per heavy atom. The summed E-state index contributed by atoms with van der Waals surface area (Å²) in [5, 5.41) is 0. The lowest BCUT2D eigenvalue weighted by molar-refractivity contribution is 0.270. The first-order valence-electron chi connectivity index (χ1n) is 7.34. The van der Waals surface area contributed by atoms with Crippen LogP contribution in [0.4, 0.5) is 0 Å². The van der Waals surface area contributed by atoms with E-state index >= 15 is 0 Å². The Hall–Kier alpha value is -0.340. The van der Waals surface area contributed by atoms with Crippen molar-refractivity contribution in [3.63, 3.8) is 0 Å². The van der Waals surface area contributed by atoms with Gasteiger partial charge in [0.25, 0.3) is 0 Å². The normalized spacial score (nSPS) is 19.1. The summed E-state index contributed by atoms with van der Waals surface area (Å²) in [6.45, 7) is 9.11. The molecule has 100 valence electrons. The molecule has 1 atom stereocenters. The van der Waals surface area contributed by atoms with E-state index in [0.29, 0.717) is 0 Å². The largest absolute Gasteiger partial charge is 0.330 e. The van der Waals surface area contributed by atoms with Crippen molar-refractivity contribution in [3.8, 4) is 0 Å². The van der Waals surface area contributed by atoms with Crippen LogP contribution in [0.15, 0.2) is 11.6 Å². The molecule has 2 heteroatoms. The highest BCUT2D eigenvalue weighted by Crippen LogP contribution is 2.18. The highest BCUT2D eigenvalue weighted by atomic mass is 15.1. The molecule has 0 bridgehead atoms. The van der Waals surface area contributed by atoms with Crippen LogP contribution in [0.2, 0.25) is 0 Å². The maximum absolute atomic E-state index is 5.67. The van der Waals surface area contributed by atoms with E-state index in [0.717, 1.165) is 12.5 Å². The van der Waals surface area contributed by atoms with E-state index < -0.39 is 0 Å². The zero-order valence-corrected chi connectivity index (χ0v) is 11.8. The third-order valence-corrected chi connectivity index (χ3v) is 3.77. The quantitative estimate of drug-likeness (QED) is 0.658. The molecule has 1 aliphatic heterocycles. The molecule has 0 fully saturated rings. The van der Waals surface area contributed by atoms with Crippen LogP contribution in [0.25, 0.3) is 0 Å². The minimum Gasteiger partial charge on any atom is -0.330 e. The van der Waals surface area contributed by atoms with Crippen LogP contribution >= 0.6 is 0 Å². The second-order valence-electron chi connectivity index (χ2n) is 5.49. The molecule has 0 radical (unpaired) electrons. The highest BCUT2D eigenvalue weighted by molar-refractivity contribution is 5.04. The summed E-state index contributed by atoms with van der Waals surface area (Å²) in [5.74, 6) is 0.867. The molecule has 1 unspecified atom stereocenters. The maximum Gasteiger partial charge on any atom is 0.0190 e. The first-order valence-corrected chi connectivity index (χ1v) is 7.34. The van der Waals surface area contributed by atoms with Crippen molar-refractivity contribution < 1.29 is 0 Å². The number of nitrogens with zero attached hydrogens (tertiary/aromatic N) is 1. The van der Waals surface area contributed by atoms with E-state index in [9.17, 15) is 0 Å². The molecule has 0 aromatic carbocycles. The first-order chi connectivity index (χ1) is 8.26. The minimum atomic E-state index is 0.857. The average Bonchev–Trinajstić information content (AvgIpc) is 2.30. The Balaban J connectivity index is 2.14. The van der Waals surface area contributed by atoms with Crippen molar-refractivity contribution in [1.29, 1.82) is 0 Å². The molecule has 0 aromatic heterocycles. The number of hydrogen-bond acceptors (Lipinski definition) is 2. The predicted molar refractivity (Wildman–Crippen MR) is 76.1 cm³/mol. The van der Waals surface area contributed by atoms with Gasteiger partial charge in [0.05, 0.1) is 0 Å². The van der Waals surface area contributed by atoms with Gasteiger partial charge in [-0.05, 0) is 51.6 Å². The topological polar surface area (TPSA) is 29.3 Å². The van der Waals surface area contributed by atoms with Crippen molar-refractivity contribution in [2.24, 2.45) is 11.7 Å². The fraction of sp³-hybridized carbons (Fsp3) is 0.867. The molecule has 1 rings (SSSR count). The monoisotopic (exact) mass is 238 g/mol. The van der Waals surface area contributed by atoms with E-state index in [1.54, 1.807) is 5.57 Å². The van der Waals surface area contributed by atoms with Gasteiger partial charge in [0, 0.05) is 13.1 Å². The Morgan fingerprint density at radius 1 is 1.35 bits per heavy atom. The lowest BCUT2D eigenvalue weighted by atomic mass is 9.94. The van der Waals surface area contributed by atoms with Crippen molar-refractivity contribution >= 4 is 0 Å². The SMILES string of the molecule is CCCC(CCN)CCCN1CCC=C(C)C1. The van der Waals surface area contributed by atoms with Gasteiger partial charge >= 0.3 is 0 Å². The van der Waals surface area contributed by atoms with Crippen molar-refractivity contribution in [2.45, 2.75) is 52.4 Å². The van der Waals surface area contributed by atoms with E-state index in [2.05, 4.69) is 24.8 Å².